The minimum Gasteiger partial charge on any atom is -0.481 e. The molecule has 8 heteroatoms. The molecule has 7 nitrogen and oxygen atoms in total. The third-order valence-electron chi connectivity index (χ3n) is 4.38. The van der Waals surface area contributed by atoms with Crippen LogP contribution in [0.3, 0.4) is 0 Å². The van der Waals surface area contributed by atoms with Crippen LogP contribution in [0.4, 0.5) is 0 Å². The molecule has 0 bridgehead atoms. The molecule has 1 amide bonds. The molecule has 2 aromatic carbocycles. The van der Waals surface area contributed by atoms with Crippen LogP contribution in [0.2, 0.25) is 5.02 Å². The van der Waals surface area contributed by atoms with Crippen LogP contribution in [0.25, 0.3) is 11.1 Å². The molecule has 0 aliphatic heterocycles. The molecule has 3 aromatic rings. The zero-order valence-corrected chi connectivity index (χ0v) is 16.8. The Labute approximate surface area is 177 Å². The topological polar surface area (TPSA) is 110 Å². The molecule has 0 saturated heterocycles. The number of nitrogens with one attached hydrogen (secondary N) is 1. The normalized spacial score (nSPS) is 11.7. The van der Waals surface area contributed by atoms with Gasteiger partial charge in [0.1, 0.15) is 0 Å². The van der Waals surface area contributed by atoms with Crippen molar-refractivity contribution in [3.05, 3.63) is 77.0 Å². The number of carboxylic acids is 1. The maximum absolute atomic E-state index is 12.4. The van der Waals surface area contributed by atoms with Crippen molar-refractivity contribution >= 4 is 29.3 Å². The molecule has 0 spiro atoms. The maximum atomic E-state index is 12.4. The molecular weight excluding hydrogens is 408 g/mol. The molecule has 1 heterocycles. The average Bonchev–Trinajstić information content (AvgIpc) is 3.19. The summed E-state index contributed by atoms with van der Waals surface area (Å²) >= 11 is 6.03. The van der Waals surface area contributed by atoms with E-state index in [9.17, 15) is 19.5 Å². The second kappa shape index (κ2) is 9.37. The lowest BCUT2D eigenvalue weighted by Gasteiger charge is -2.16. The summed E-state index contributed by atoms with van der Waals surface area (Å²) in [5.74, 6) is -2.40. The van der Waals surface area contributed by atoms with E-state index in [4.69, 9.17) is 16.0 Å². The van der Waals surface area contributed by atoms with Crippen LogP contribution in [0, 0.1) is 0 Å². The summed E-state index contributed by atoms with van der Waals surface area (Å²) in [5, 5.41) is 12.5. The highest BCUT2D eigenvalue weighted by atomic mass is 35.5. The lowest BCUT2D eigenvalue weighted by Crippen LogP contribution is -2.38. The molecular formula is C22H19ClN2O5. The second-order valence-electron chi connectivity index (χ2n) is 6.77. The van der Waals surface area contributed by atoms with Crippen LogP contribution < -0.4 is 5.32 Å². The predicted octanol–water partition coefficient (Wildman–Crippen LogP) is 4.01. The number of hydrogen-bond donors (Lipinski definition) is 2. The van der Waals surface area contributed by atoms with Gasteiger partial charge >= 0.3 is 5.97 Å². The van der Waals surface area contributed by atoms with Gasteiger partial charge < -0.3 is 14.8 Å². The largest absolute Gasteiger partial charge is 0.481 e. The Kier molecular flexibility index (Phi) is 6.64. The minimum atomic E-state index is -1.04. The number of amides is 1. The van der Waals surface area contributed by atoms with Crippen LogP contribution in [0.1, 0.15) is 40.1 Å². The van der Waals surface area contributed by atoms with Crippen LogP contribution in [-0.2, 0) is 11.2 Å². The number of rotatable bonds is 8. The van der Waals surface area contributed by atoms with Crippen LogP contribution in [-0.4, -0.2) is 33.8 Å². The Balaban J connectivity index is 1.71. The number of halogens is 1. The monoisotopic (exact) mass is 426 g/mol. The van der Waals surface area contributed by atoms with Crippen LogP contribution >= 0.6 is 11.6 Å². The number of oxazole rings is 1. The Morgan fingerprint density at radius 3 is 2.47 bits per heavy atom. The van der Waals surface area contributed by atoms with Crippen molar-refractivity contribution in [2.45, 2.75) is 25.8 Å². The molecule has 0 aliphatic carbocycles. The van der Waals surface area contributed by atoms with Gasteiger partial charge in [0.2, 0.25) is 11.5 Å². The van der Waals surface area contributed by atoms with Gasteiger partial charge in [0.15, 0.2) is 0 Å². The molecule has 1 unspecified atom stereocenters. The van der Waals surface area contributed by atoms with E-state index in [-0.39, 0.29) is 18.1 Å². The molecule has 1 atom stereocenters. The smallest absolute Gasteiger partial charge is 0.305 e. The summed E-state index contributed by atoms with van der Waals surface area (Å²) in [5.41, 5.74) is 2.80. The highest BCUT2D eigenvalue weighted by molar-refractivity contribution is 6.30. The molecule has 3 rings (SSSR count). The van der Waals surface area contributed by atoms with Crippen molar-refractivity contribution in [2.24, 2.45) is 0 Å². The Morgan fingerprint density at radius 2 is 1.87 bits per heavy atom. The first-order valence-corrected chi connectivity index (χ1v) is 9.54. The summed E-state index contributed by atoms with van der Waals surface area (Å²) in [6.07, 6.45) is 1.18. The molecule has 0 fully saturated rings. The van der Waals surface area contributed by atoms with E-state index in [1.165, 1.54) is 6.92 Å². The molecule has 30 heavy (non-hydrogen) atoms. The summed E-state index contributed by atoms with van der Waals surface area (Å²) in [4.78, 5) is 38.6. The third-order valence-corrected chi connectivity index (χ3v) is 4.62. The molecule has 0 radical (unpaired) electrons. The van der Waals surface area contributed by atoms with Gasteiger partial charge in [-0.1, -0.05) is 48.0 Å². The summed E-state index contributed by atoms with van der Waals surface area (Å²) in [6, 6.07) is 14.4. The van der Waals surface area contributed by atoms with Gasteiger partial charge in [-0.3, -0.25) is 14.4 Å². The SMILES string of the molecule is CC(=O)c1ncc(C(=O)NC(CC(=O)O)Cc2ccc(-c3cccc(Cl)c3)cc2)o1. The lowest BCUT2D eigenvalue weighted by atomic mass is 9.99. The Hall–Kier alpha value is -3.45. The third kappa shape index (κ3) is 5.55. The van der Waals surface area contributed by atoms with E-state index in [1.54, 1.807) is 6.07 Å². The number of carbonyl (C=O) groups is 3. The van der Waals surface area contributed by atoms with Crippen molar-refractivity contribution in [2.75, 3.05) is 0 Å². The Bertz CT molecular complexity index is 1080. The van der Waals surface area contributed by atoms with Crippen molar-refractivity contribution in [3.8, 4) is 11.1 Å². The van der Waals surface area contributed by atoms with Crippen molar-refractivity contribution < 1.29 is 23.9 Å². The van der Waals surface area contributed by atoms with E-state index in [1.807, 2.05) is 42.5 Å². The van der Waals surface area contributed by atoms with Gasteiger partial charge in [0, 0.05) is 18.0 Å². The van der Waals surface area contributed by atoms with E-state index in [0.717, 1.165) is 22.9 Å². The summed E-state index contributed by atoms with van der Waals surface area (Å²) in [6.45, 7) is 1.27. The first-order valence-electron chi connectivity index (χ1n) is 9.16. The van der Waals surface area contributed by atoms with Gasteiger partial charge in [-0.25, -0.2) is 4.98 Å². The molecule has 0 saturated carbocycles. The van der Waals surface area contributed by atoms with E-state index < -0.39 is 23.7 Å². The number of hydrogen-bond acceptors (Lipinski definition) is 5. The summed E-state index contributed by atoms with van der Waals surface area (Å²) in [7, 11) is 0. The van der Waals surface area contributed by atoms with Crippen LogP contribution in [0.5, 0.6) is 0 Å². The maximum Gasteiger partial charge on any atom is 0.305 e. The first-order chi connectivity index (χ1) is 14.3. The number of carbonyl (C=O) groups excluding carboxylic acids is 2. The highest BCUT2D eigenvalue weighted by Gasteiger charge is 2.21. The number of benzene rings is 2. The number of aliphatic carboxylic acids is 1. The van der Waals surface area contributed by atoms with Gasteiger partial charge in [-0.05, 0) is 35.2 Å². The zero-order valence-electron chi connectivity index (χ0n) is 16.1. The second-order valence-corrected chi connectivity index (χ2v) is 7.20. The van der Waals surface area contributed by atoms with Crippen molar-refractivity contribution in [1.29, 1.82) is 0 Å². The summed E-state index contributed by atoms with van der Waals surface area (Å²) < 4.78 is 5.11. The standard InChI is InChI=1S/C22H19ClN2O5/c1-13(26)22-24-12-19(30-22)21(29)25-18(11-20(27)28)9-14-5-7-15(8-6-14)16-3-2-4-17(23)10-16/h2-8,10,12,18H,9,11H2,1H3,(H,25,29)(H,27,28). The predicted molar refractivity (Wildman–Crippen MR) is 111 cm³/mol. The van der Waals surface area contributed by atoms with Gasteiger partial charge in [0.05, 0.1) is 12.6 Å². The van der Waals surface area contributed by atoms with Gasteiger partial charge in [-0.15, -0.1) is 0 Å². The van der Waals surface area contributed by atoms with E-state index in [2.05, 4.69) is 10.3 Å². The van der Waals surface area contributed by atoms with E-state index >= 15 is 0 Å². The van der Waals surface area contributed by atoms with Crippen molar-refractivity contribution in [3.63, 3.8) is 0 Å². The highest BCUT2D eigenvalue weighted by Crippen LogP contribution is 2.23. The number of Topliss-reactive ketones (excluding diaryl/α,β-unsaturated/α-hetero) is 1. The minimum absolute atomic E-state index is 0.146. The van der Waals surface area contributed by atoms with Crippen molar-refractivity contribution in [1.82, 2.24) is 10.3 Å². The number of nitrogens with zero attached hydrogens (tertiary/aromatic N) is 1. The van der Waals surface area contributed by atoms with E-state index in [0.29, 0.717) is 11.4 Å². The molecule has 154 valence electrons. The number of ketones is 1. The fourth-order valence-corrected chi connectivity index (χ4v) is 3.16. The first kappa shape index (κ1) is 21.3. The number of aromatic nitrogens is 1. The average molecular weight is 427 g/mol. The fraction of sp³-hybridized carbons (Fsp3) is 0.182. The number of carboxylic acid groups (broad SMARTS) is 1. The van der Waals surface area contributed by atoms with Gasteiger partial charge in [-0.2, -0.15) is 0 Å². The molecule has 1 aromatic heterocycles. The zero-order chi connectivity index (χ0) is 21.7. The van der Waals surface area contributed by atoms with Gasteiger partial charge in [0.25, 0.3) is 11.8 Å². The quantitative estimate of drug-likeness (QED) is 0.526. The van der Waals surface area contributed by atoms with Crippen LogP contribution in [0.15, 0.2) is 59.1 Å². The lowest BCUT2D eigenvalue weighted by molar-refractivity contribution is -0.137. The fourth-order valence-electron chi connectivity index (χ4n) is 2.97. The molecule has 2 N–H and O–H groups in total. The Morgan fingerprint density at radius 1 is 1.13 bits per heavy atom. The molecule has 0 aliphatic rings.